The molecule has 0 aliphatic carbocycles. The first-order valence-corrected chi connectivity index (χ1v) is 8.71. The molecule has 0 aromatic rings. The fraction of sp³-hybridized carbons (Fsp3) is 1.00. The Bertz CT molecular complexity index is 320. The Kier molecular flexibility index (Phi) is 9.60. The molecule has 0 radical (unpaired) electrons. The zero-order chi connectivity index (χ0) is 14.9. The van der Waals surface area contributed by atoms with Crippen LogP contribution in [0.2, 0.25) is 0 Å². The smallest absolute Gasteiger partial charge is 0.281 e. The molecule has 0 aliphatic rings. The Morgan fingerprint density at radius 2 is 1.84 bits per heavy atom. The molecular formula is C13H31N3O2S. The van der Waals surface area contributed by atoms with Crippen molar-refractivity contribution in [3.05, 3.63) is 0 Å². The Morgan fingerprint density at radius 1 is 1.21 bits per heavy atom. The van der Waals surface area contributed by atoms with E-state index in [1.165, 1.54) is 4.31 Å². The van der Waals surface area contributed by atoms with Crippen molar-refractivity contribution in [2.45, 2.75) is 40.5 Å². The minimum atomic E-state index is -3.30. The normalized spacial score (nSPS) is 14.3. The van der Waals surface area contributed by atoms with Crippen molar-refractivity contribution >= 4 is 10.2 Å². The van der Waals surface area contributed by atoms with E-state index in [4.69, 9.17) is 0 Å². The third kappa shape index (κ3) is 6.70. The molecule has 0 heterocycles. The predicted octanol–water partition coefficient (Wildman–Crippen LogP) is 1.53. The average Bonchev–Trinajstić information content (AvgIpc) is 2.39. The second-order valence-electron chi connectivity index (χ2n) is 5.00. The van der Waals surface area contributed by atoms with Gasteiger partial charge in [-0.2, -0.15) is 17.0 Å². The van der Waals surface area contributed by atoms with E-state index in [1.54, 1.807) is 11.4 Å². The van der Waals surface area contributed by atoms with E-state index in [9.17, 15) is 8.42 Å². The molecule has 6 heteroatoms. The SMILES string of the molecule is CCNCCCN(C)S(=O)(=O)N(CC)CC(C)CC. The van der Waals surface area contributed by atoms with Gasteiger partial charge in [0, 0.05) is 26.7 Å². The van der Waals surface area contributed by atoms with Crippen molar-refractivity contribution in [2.75, 3.05) is 39.8 Å². The topological polar surface area (TPSA) is 52.7 Å². The molecule has 1 atom stereocenters. The lowest BCUT2D eigenvalue weighted by Gasteiger charge is -2.28. The summed E-state index contributed by atoms with van der Waals surface area (Å²) in [6.07, 6.45) is 1.83. The van der Waals surface area contributed by atoms with Gasteiger partial charge in [-0.1, -0.05) is 34.1 Å². The van der Waals surface area contributed by atoms with Crippen LogP contribution in [0.15, 0.2) is 0 Å². The number of nitrogens with zero attached hydrogens (tertiary/aromatic N) is 2. The zero-order valence-corrected chi connectivity index (χ0v) is 14.0. The van der Waals surface area contributed by atoms with Gasteiger partial charge in [0.2, 0.25) is 0 Å². The van der Waals surface area contributed by atoms with Crippen molar-refractivity contribution in [1.82, 2.24) is 13.9 Å². The van der Waals surface area contributed by atoms with Crippen LogP contribution in [0.3, 0.4) is 0 Å². The molecule has 0 aromatic heterocycles. The lowest BCUT2D eigenvalue weighted by molar-refractivity contribution is 0.327. The molecule has 0 saturated heterocycles. The monoisotopic (exact) mass is 293 g/mol. The van der Waals surface area contributed by atoms with E-state index in [2.05, 4.69) is 19.2 Å². The minimum Gasteiger partial charge on any atom is -0.317 e. The van der Waals surface area contributed by atoms with Gasteiger partial charge in [-0.15, -0.1) is 0 Å². The molecule has 1 unspecified atom stereocenters. The molecule has 0 bridgehead atoms. The van der Waals surface area contributed by atoms with Crippen molar-refractivity contribution < 1.29 is 8.42 Å². The maximum Gasteiger partial charge on any atom is 0.281 e. The van der Waals surface area contributed by atoms with Crippen molar-refractivity contribution in [1.29, 1.82) is 0 Å². The third-order valence-corrected chi connectivity index (χ3v) is 5.39. The second kappa shape index (κ2) is 9.69. The highest BCUT2D eigenvalue weighted by Crippen LogP contribution is 2.11. The molecule has 0 spiro atoms. The fourth-order valence-corrected chi connectivity index (χ4v) is 3.30. The first-order chi connectivity index (χ1) is 8.89. The van der Waals surface area contributed by atoms with Gasteiger partial charge >= 0.3 is 0 Å². The summed E-state index contributed by atoms with van der Waals surface area (Å²) in [5.41, 5.74) is 0. The van der Waals surface area contributed by atoms with Gasteiger partial charge in [0.15, 0.2) is 0 Å². The van der Waals surface area contributed by atoms with E-state index >= 15 is 0 Å². The van der Waals surface area contributed by atoms with Gasteiger partial charge in [-0.3, -0.25) is 0 Å². The van der Waals surface area contributed by atoms with Crippen LogP contribution in [0.1, 0.15) is 40.5 Å². The van der Waals surface area contributed by atoms with Gasteiger partial charge < -0.3 is 5.32 Å². The third-order valence-electron chi connectivity index (χ3n) is 3.36. The summed E-state index contributed by atoms with van der Waals surface area (Å²) in [5.74, 6) is 0.393. The molecule has 0 aliphatic heterocycles. The van der Waals surface area contributed by atoms with E-state index in [1.807, 2.05) is 13.8 Å². The molecular weight excluding hydrogens is 262 g/mol. The fourth-order valence-electron chi connectivity index (χ4n) is 1.78. The second-order valence-corrected chi connectivity index (χ2v) is 7.04. The van der Waals surface area contributed by atoms with E-state index in [-0.39, 0.29) is 0 Å². The van der Waals surface area contributed by atoms with Crippen LogP contribution in [-0.4, -0.2) is 56.8 Å². The summed E-state index contributed by atoms with van der Waals surface area (Å²) in [6, 6.07) is 0. The lowest BCUT2D eigenvalue weighted by atomic mass is 10.1. The molecule has 0 rings (SSSR count). The molecule has 19 heavy (non-hydrogen) atoms. The van der Waals surface area contributed by atoms with Crippen LogP contribution in [0.4, 0.5) is 0 Å². The summed E-state index contributed by atoms with van der Waals surface area (Å²) in [4.78, 5) is 0. The Hall–Kier alpha value is -0.170. The molecule has 0 amide bonds. The van der Waals surface area contributed by atoms with Crippen LogP contribution in [0.5, 0.6) is 0 Å². The number of nitrogens with one attached hydrogen (secondary N) is 1. The van der Waals surface area contributed by atoms with Crippen molar-refractivity contribution in [3.8, 4) is 0 Å². The standard InChI is InChI=1S/C13H31N3O2S/c1-6-13(4)12-16(8-3)19(17,18)15(5)11-9-10-14-7-2/h13-14H,6-12H2,1-5H3. The van der Waals surface area contributed by atoms with Gasteiger partial charge in [0.05, 0.1) is 0 Å². The summed E-state index contributed by atoms with van der Waals surface area (Å²) >= 11 is 0. The van der Waals surface area contributed by atoms with E-state index in [0.29, 0.717) is 25.6 Å². The van der Waals surface area contributed by atoms with Gasteiger partial charge in [-0.05, 0) is 25.4 Å². The highest BCUT2D eigenvalue weighted by atomic mass is 32.2. The van der Waals surface area contributed by atoms with Crippen LogP contribution >= 0.6 is 0 Å². The highest BCUT2D eigenvalue weighted by molar-refractivity contribution is 7.86. The van der Waals surface area contributed by atoms with Gasteiger partial charge in [0.25, 0.3) is 10.2 Å². The van der Waals surface area contributed by atoms with Gasteiger partial charge in [-0.25, -0.2) is 0 Å². The molecule has 116 valence electrons. The van der Waals surface area contributed by atoms with Crippen LogP contribution < -0.4 is 5.32 Å². The highest BCUT2D eigenvalue weighted by Gasteiger charge is 2.26. The summed E-state index contributed by atoms with van der Waals surface area (Å²) in [5, 5.41) is 3.20. The molecule has 0 saturated carbocycles. The van der Waals surface area contributed by atoms with Gasteiger partial charge in [0.1, 0.15) is 0 Å². The largest absolute Gasteiger partial charge is 0.317 e. The van der Waals surface area contributed by atoms with E-state index in [0.717, 1.165) is 25.9 Å². The quantitative estimate of drug-likeness (QED) is 0.588. The summed E-state index contributed by atoms with van der Waals surface area (Å²) in [7, 11) is -1.64. The maximum absolute atomic E-state index is 12.4. The maximum atomic E-state index is 12.4. The predicted molar refractivity (Wildman–Crippen MR) is 81.4 cm³/mol. The number of rotatable bonds is 11. The van der Waals surface area contributed by atoms with Crippen LogP contribution in [0, 0.1) is 5.92 Å². The number of hydrogen-bond acceptors (Lipinski definition) is 3. The first kappa shape index (κ1) is 18.8. The Labute approximate surface area is 119 Å². The van der Waals surface area contributed by atoms with Crippen molar-refractivity contribution in [2.24, 2.45) is 5.92 Å². The van der Waals surface area contributed by atoms with Crippen molar-refractivity contribution in [3.63, 3.8) is 0 Å². The Balaban J connectivity index is 4.45. The molecule has 5 nitrogen and oxygen atoms in total. The summed E-state index contributed by atoms with van der Waals surface area (Å²) < 4.78 is 27.9. The molecule has 0 fully saturated rings. The Morgan fingerprint density at radius 3 is 2.32 bits per heavy atom. The average molecular weight is 293 g/mol. The van der Waals surface area contributed by atoms with Crippen LogP contribution in [0.25, 0.3) is 0 Å². The molecule has 1 N–H and O–H groups in total. The molecule has 0 aromatic carbocycles. The zero-order valence-electron chi connectivity index (χ0n) is 13.1. The first-order valence-electron chi connectivity index (χ1n) is 7.32. The number of hydrogen-bond donors (Lipinski definition) is 1. The lowest BCUT2D eigenvalue weighted by Crippen LogP contribution is -2.44. The minimum absolute atomic E-state index is 0.393. The summed E-state index contributed by atoms with van der Waals surface area (Å²) in [6.45, 7) is 11.6. The van der Waals surface area contributed by atoms with Crippen LogP contribution in [-0.2, 0) is 10.2 Å². The van der Waals surface area contributed by atoms with E-state index < -0.39 is 10.2 Å².